The van der Waals surface area contributed by atoms with E-state index in [9.17, 15) is 18.0 Å². The number of anilines is 1. The summed E-state index contributed by atoms with van der Waals surface area (Å²) in [4.78, 5) is 26.5. The van der Waals surface area contributed by atoms with E-state index < -0.39 is 21.2 Å². The molecule has 1 atom stereocenters. The number of thioether (sulfide) groups is 1. The molecule has 0 bridgehead atoms. The van der Waals surface area contributed by atoms with Gasteiger partial charge in [-0.15, -0.1) is 11.0 Å². The minimum atomic E-state index is -4.06. The zero-order valence-electron chi connectivity index (χ0n) is 16.6. The van der Waals surface area contributed by atoms with Crippen LogP contribution in [0.5, 0.6) is 0 Å². The predicted octanol–water partition coefficient (Wildman–Crippen LogP) is 3.85. The molecule has 0 radical (unpaired) electrons. The molecule has 7 nitrogen and oxygen atoms in total. The fraction of sp³-hybridized carbons (Fsp3) is 0.190. The van der Waals surface area contributed by atoms with E-state index in [1.54, 1.807) is 12.1 Å². The number of aryl methyl sites for hydroxylation is 1. The van der Waals surface area contributed by atoms with Crippen molar-refractivity contribution in [3.8, 4) is 0 Å². The second-order valence-corrected chi connectivity index (χ2v) is 9.92. The average Bonchev–Trinajstić information content (AvgIpc) is 2.98. The van der Waals surface area contributed by atoms with Crippen LogP contribution in [0.15, 0.2) is 70.5 Å². The minimum absolute atomic E-state index is 0.00791. The summed E-state index contributed by atoms with van der Waals surface area (Å²) in [7, 11) is -4.06. The summed E-state index contributed by atoms with van der Waals surface area (Å²) in [6.45, 7) is 5.55. The lowest BCUT2D eigenvalue weighted by molar-refractivity contribution is -0.127. The standard InChI is InChI=1S/C21H20ClN3O4S2/c1-3-12-25-20(27)18(13-19(26)23-17-7-5-4-6-14(17)2)30-21(25)24-31(28,29)16-10-8-15(22)9-11-16/h3-11,18H,1,12-13H2,2H3,(H,23,26)/t18-/m0/s1. The van der Waals surface area contributed by atoms with E-state index in [1.807, 2.05) is 19.1 Å². The molecule has 2 aromatic rings. The van der Waals surface area contributed by atoms with Crippen LogP contribution in [0.1, 0.15) is 12.0 Å². The Labute approximate surface area is 190 Å². The third kappa shape index (κ3) is 5.55. The lowest BCUT2D eigenvalue weighted by Crippen LogP contribution is -2.34. The molecular formula is C21H20ClN3O4S2. The van der Waals surface area contributed by atoms with E-state index >= 15 is 0 Å². The van der Waals surface area contributed by atoms with Crippen LogP contribution in [0.4, 0.5) is 5.69 Å². The molecule has 31 heavy (non-hydrogen) atoms. The van der Waals surface area contributed by atoms with Crippen LogP contribution in [-0.2, 0) is 19.6 Å². The number of hydrogen-bond donors (Lipinski definition) is 1. The molecule has 0 unspecified atom stereocenters. The summed E-state index contributed by atoms with van der Waals surface area (Å²) >= 11 is 6.76. The Morgan fingerprint density at radius 1 is 1.26 bits per heavy atom. The molecule has 1 aliphatic rings. The number of nitrogens with zero attached hydrogens (tertiary/aromatic N) is 2. The Morgan fingerprint density at radius 3 is 2.58 bits per heavy atom. The van der Waals surface area contributed by atoms with Crippen molar-refractivity contribution in [2.24, 2.45) is 4.40 Å². The van der Waals surface area contributed by atoms with Gasteiger partial charge in [0.15, 0.2) is 5.17 Å². The van der Waals surface area contributed by atoms with Crippen LogP contribution < -0.4 is 5.32 Å². The molecular weight excluding hydrogens is 458 g/mol. The smallest absolute Gasteiger partial charge is 0.284 e. The third-order valence-electron chi connectivity index (χ3n) is 4.43. The van der Waals surface area contributed by atoms with Crippen molar-refractivity contribution >= 4 is 56.1 Å². The van der Waals surface area contributed by atoms with Crippen LogP contribution in [0.25, 0.3) is 0 Å². The van der Waals surface area contributed by atoms with Gasteiger partial charge in [-0.2, -0.15) is 8.42 Å². The molecule has 0 aromatic heterocycles. The van der Waals surface area contributed by atoms with Crippen LogP contribution in [-0.4, -0.2) is 42.1 Å². The van der Waals surface area contributed by atoms with Crippen molar-refractivity contribution in [1.82, 2.24) is 4.90 Å². The number of amidine groups is 1. The highest BCUT2D eigenvalue weighted by atomic mass is 35.5. The maximum atomic E-state index is 12.8. The molecule has 1 saturated heterocycles. The molecule has 1 fully saturated rings. The number of hydrogen-bond acceptors (Lipinski definition) is 5. The van der Waals surface area contributed by atoms with E-state index in [0.29, 0.717) is 10.7 Å². The fourth-order valence-corrected chi connectivity index (χ4v) is 5.34. The summed E-state index contributed by atoms with van der Waals surface area (Å²) < 4.78 is 29.2. The lowest BCUT2D eigenvalue weighted by atomic mass is 10.2. The Bertz CT molecular complexity index is 1150. The molecule has 162 valence electrons. The van der Waals surface area contributed by atoms with Crippen molar-refractivity contribution in [2.45, 2.75) is 23.5 Å². The Balaban J connectivity index is 1.80. The largest absolute Gasteiger partial charge is 0.326 e. The first-order valence-electron chi connectivity index (χ1n) is 9.26. The number of rotatable bonds is 7. The van der Waals surface area contributed by atoms with Crippen molar-refractivity contribution in [1.29, 1.82) is 0 Å². The number of halogens is 1. The fourth-order valence-electron chi connectivity index (χ4n) is 2.85. The van der Waals surface area contributed by atoms with Gasteiger partial charge in [0.05, 0.1) is 4.90 Å². The van der Waals surface area contributed by atoms with Gasteiger partial charge in [0.25, 0.3) is 10.0 Å². The number of nitrogens with one attached hydrogen (secondary N) is 1. The van der Waals surface area contributed by atoms with Crippen molar-refractivity contribution in [2.75, 3.05) is 11.9 Å². The van der Waals surface area contributed by atoms with Crippen molar-refractivity contribution in [3.63, 3.8) is 0 Å². The van der Waals surface area contributed by atoms with Crippen LogP contribution >= 0.6 is 23.4 Å². The minimum Gasteiger partial charge on any atom is -0.326 e. The summed E-state index contributed by atoms with van der Waals surface area (Å²) in [6, 6.07) is 12.9. The van der Waals surface area contributed by atoms with Crippen LogP contribution in [0.2, 0.25) is 5.02 Å². The SMILES string of the molecule is C=CCN1C(=O)[C@H](CC(=O)Nc2ccccc2C)SC1=NS(=O)(=O)c1ccc(Cl)cc1. The Hall–Kier alpha value is -2.62. The van der Waals surface area contributed by atoms with Gasteiger partial charge in [0, 0.05) is 23.7 Å². The van der Waals surface area contributed by atoms with Gasteiger partial charge in [-0.05, 0) is 42.8 Å². The lowest BCUT2D eigenvalue weighted by Gasteiger charge is -2.14. The maximum absolute atomic E-state index is 12.8. The average molecular weight is 478 g/mol. The van der Waals surface area contributed by atoms with E-state index in [0.717, 1.165) is 17.3 Å². The number of para-hydroxylation sites is 1. The highest BCUT2D eigenvalue weighted by Gasteiger charge is 2.39. The van der Waals surface area contributed by atoms with E-state index in [4.69, 9.17) is 11.6 Å². The van der Waals surface area contributed by atoms with Gasteiger partial charge in [0.1, 0.15) is 5.25 Å². The zero-order valence-corrected chi connectivity index (χ0v) is 19.0. The van der Waals surface area contributed by atoms with Crippen LogP contribution in [0, 0.1) is 6.92 Å². The van der Waals surface area contributed by atoms with Gasteiger partial charge >= 0.3 is 0 Å². The molecule has 3 rings (SSSR count). The summed E-state index contributed by atoms with van der Waals surface area (Å²) in [5.74, 6) is -0.740. The monoisotopic (exact) mass is 477 g/mol. The highest BCUT2D eigenvalue weighted by molar-refractivity contribution is 8.16. The van der Waals surface area contributed by atoms with Gasteiger partial charge in [-0.1, -0.05) is 47.6 Å². The molecule has 0 spiro atoms. The third-order valence-corrected chi connectivity index (χ3v) is 7.26. The molecule has 0 aliphatic carbocycles. The van der Waals surface area contributed by atoms with Gasteiger partial charge in [-0.25, -0.2) is 0 Å². The zero-order chi connectivity index (χ0) is 22.6. The summed E-state index contributed by atoms with van der Waals surface area (Å²) in [6.07, 6.45) is 1.35. The first-order chi connectivity index (χ1) is 14.7. The van der Waals surface area contributed by atoms with Gasteiger partial charge in [-0.3, -0.25) is 14.5 Å². The maximum Gasteiger partial charge on any atom is 0.284 e. The molecule has 2 amide bonds. The molecule has 1 heterocycles. The number of sulfonamides is 1. The second-order valence-electron chi connectivity index (χ2n) is 6.71. The summed E-state index contributed by atoms with van der Waals surface area (Å²) in [5, 5.41) is 2.40. The number of carbonyl (C=O) groups is 2. The van der Waals surface area contributed by atoms with E-state index in [1.165, 1.54) is 35.2 Å². The van der Waals surface area contributed by atoms with Gasteiger partial charge in [0.2, 0.25) is 11.8 Å². The second kappa shape index (κ2) is 9.67. The number of benzene rings is 2. The molecule has 10 heteroatoms. The highest BCUT2D eigenvalue weighted by Crippen LogP contribution is 2.31. The number of amides is 2. The first-order valence-corrected chi connectivity index (χ1v) is 12.0. The molecule has 1 aliphatic heterocycles. The predicted molar refractivity (Wildman–Crippen MR) is 124 cm³/mol. The normalized spacial score (nSPS) is 17.7. The quantitative estimate of drug-likeness (QED) is 0.611. The van der Waals surface area contributed by atoms with Crippen molar-refractivity contribution in [3.05, 3.63) is 71.8 Å². The Kier molecular flexibility index (Phi) is 7.19. The molecule has 1 N–H and O–H groups in total. The molecule has 0 saturated carbocycles. The van der Waals surface area contributed by atoms with Gasteiger partial charge < -0.3 is 5.32 Å². The topological polar surface area (TPSA) is 95.9 Å². The van der Waals surface area contributed by atoms with Crippen LogP contribution in [0.3, 0.4) is 0 Å². The van der Waals surface area contributed by atoms with E-state index in [-0.39, 0.29) is 28.9 Å². The van der Waals surface area contributed by atoms with E-state index in [2.05, 4.69) is 16.3 Å². The molecule has 2 aromatic carbocycles. The summed E-state index contributed by atoms with van der Waals surface area (Å²) in [5.41, 5.74) is 1.55. The Morgan fingerprint density at radius 2 is 1.94 bits per heavy atom. The number of carbonyl (C=O) groups excluding carboxylic acids is 2. The van der Waals surface area contributed by atoms with Crippen molar-refractivity contribution < 1.29 is 18.0 Å². The first kappa shape index (κ1) is 23.1.